The largest absolute Gasteiger partial charge is 0.481 e. The van der Waals surface area contributed by atoms with E-state index in [0.29, 0.717) is 5.70 Å². The van der Waals surface area contributed by atoms with Crippen molar-refractivity contribution < 1.29 is 9.90 Å². The van der Waals surface area contributed by atoms with Gasteiger partial charge in [0.25, 0.3) is 0 Å². The molecule has 1 heterocycles. The highest BCUT2D eigenvalue weighted by atomic mass is 16.4. The van der Waals surface area contributed by atoms with E-state index in [4.69, 9.17) is 5.11 Å². The molecule has 4 nitrogen and oxygen atoms in total. The molecule has 1 rings (SSSR count). The Labute approximate surface area is 63.9 Å². The Bertz CT molecular complexity index is 241. The minimum Gasteiger partial charge on any atom is -0.481 e. The van der Waals surface area contributed by atoms with E-state index in [1.165, 1.54) is 6.20 Å². The molecule has 58 valence electrons. The highest BCUT2D eigenvalue weighted by Crippen LogP contribution is 1.98. The third-order valence-corrected chi connectivity index (χ3v) is 1.11. The van der Waals surface area contributed by atoms with Crippen molar-refractivity contribution in [3.8, 4) is 0 Å². The maximum atomic E-state index is 10.2. The molecule has 0 unspecified atom stereocenters. The van der Waals surface area contributed by atoms with Gasteiger partial charge in [-0.15, -0.1) is 0 Å². The maximum Gasteiger partial charge on any atom is 0.309 e. The number of carbonyl (C=O) groups is 1. The lowest BCUT2D eigenvalue weighted by molar-refractivity contribution is -0.136. The van der Waals surface area contributed by atoms with Crippen LogP contribution in [0.1, 0.15) is 6.42 Å². The van der Waals surface area contributed by atoms with Crippen molar-refractivity contribution in [3.05, 3.63) is 24.2 Å². The SMILES string of the molecule is O=C(O)CC1=CN=CC=CN1. The van der Waals surface area contributed by atoms with Gasteiger partial charge in [0.2, 0.25) is 0 Å². The minimum absolute atomic E-state index is 0.0261. The zero-order valence-electron chi connectivity index (χ0n) is 5.82. The first-order chi connectivity index (χ1) is 5.29. The number of nitrogens with one attached hydrogen (secondary N) is 1. The monoisotopic (exact) mass is 152 g/mol. The molecule has 0 aliphatic carbocycles. The second kappa shape index (κ2) is 3.55. The second-order valence-corrected chi connectivity index (χ2v) is 2.03. The van der Waals surface area contributed by atoms with Crippen LogP contribution < -0.4 is 5.32 Å². The standard InChI is InChI=1S/C7H8N2O2/c10-7(11)4-6-5-8-2-1-3-9-6/h1-3,5,9H,4H2,(H,10,11). The summed E-state index contributed by atoms with van der Waals surface area (Å²) >= 11 is 0. The summed E-state index contributed by atoms with van der Waals surface area (Å²) in [5.74, 6) is -0.866. The van der Waals surface area contributed by atoms with E-state index >= 15 is 0 Å². The molecule has 11 heavy (non-hydrogen) atoms. The fourth-order valence-electron chi connectivity index (χ4n) is 0.678. The topological polar surface area (TPSA) is 61.7 Å². The van der Waals surface area contributed by atoms with Gasteiger partial charge in [-0.2, -0.15) is 0 Å². The van der Waals surface area contributed by atoms with Crippen LogP contribution in [0.5, 0.6) is 0 Å². The Hall–Kier alpha value is -1.58. The Morgan fingerprint density at radius 1 is 1.73 bits per heavy atom. The number of hydrogen-bond acceptors (Lipinski definition) is 3. The number of carboxylic acid groups (broad SMARTS) is 1. The van der Waals surface area contributed by atoms with Gasteiger partial charge in [0, 0.05) is 24.3 Å². The Kier molecular flexibility index (Phi) is 2.43. The van der Waals surface area contributed by atoms with Crippen LogP contribution in [-0.2, 0) is 4.79 Å². The molecule has 0 aromatic heterocycles. The van der Waals surface area contributed by atoms with Gasteiger partial charge in [-0.25, -0.2) is 0 Å². The summed E-state index contributed by atoms with van der Waals surface area (Å²) in [7, 11) is 0. The van der Waals surface area contributed by atoms with Crippen LogP contribution in [0.25, 0.3) is 0 Å². The lowest BCUT2D eigenvalue weighted by Crippen LogP contribution is -2.08. The maximum absolute atomic E-state index is 10.2. The van der Waals surface area contributed by atoms with Crippen LogP contribution in [0.15, 0.2) is 29.2 Å². The summed E-state index contributed by atoms with van der Waals surface area (Å²) in [5.41, 5.74) is 0.586. The fraction of sp³-hybridized carbons (Fsp3) is 0.143. The molecule has 1 aliphatic rings. The first kappa shape index (κ1) is 7.53. The van der Waals surface area contributed by atoms with Crippen molar-refractivity contribution in [2.75, 3.05) is 0 Å². The van der Waals surface area contributed by atoms with E-state index in [1.807, 2.05) is 0 Å². The predicted octanol–water partition coefficient (Wildman–Crippen LogP) is 0.490. The van der Waals surface area contributed by atoms with Gasteiger partial charge in [-0.3, -0.25) is 9.79 Å². The van der Waals surface area contributed by atoms with Crippen molar-refractivity contribution in [2.24, 2.45) is 4.99 Å². The Morgan fingerprint density at radius 3 is 3.27 bits per heavy atom. The molecule has 0 saturated carbocycles. The van der Waals surface area contributed by atoms with Crippen molar-refractivity contribution >= 4 is 12.2 Å². The van der Waals surface area contributed by atoms with Gasteiger partial charge in [0.1, 0.15) is 0 Å². The van der Waals surface area contributed by atoms with Gasteiger partial charge in [0.15, 0.2) is 0 Å². The fourth-order valence-corrected chi connectivity index (χ4v) is 0.678. The van der Waals surface area contributed by atoms with E-state index in [0.717, 1.165) is 0 Å². The van der Waals surface area contributed by atoms with Gasteiger partial charge in [0.05, 0.1) is 6.42 Å². The third kappa shape index (κ3) is 2.66. The molecule has 0 aromatic rings. The third-order valence-electron chi connectivity index (χ3n) is 1.11. The smallest absolute Gasteiger partial charge is 0.309 e. The summed E-state index contributed by atoms with van der Waals surface area (Å²) in [6, 6.07) is 0. The van der Waals surface area contributed by atoms with Gasteiger partial charge >= 0.3 is 5.97 Å². The Morgan fingerprint density at radius 2 is 2.55 bits per heavy atom. The highest BCUT2D eigenvalue weighted by Gasteiger charge is 2.01. The summed E-state index contributed by atoms with van der Waals surface area (Å²) in [5, 5.41) is 11.2. The molecule has 0 fully saturated rings. The molecule has 2 N–H and O–H groups in total. The number of nitrogens with zero attached hydrogens (tertiary/aromatic N) is 1. The first-order valence-corrected chi connectivity index (χ1v) is 3.15. The molecule has 0 atom stereocenters. The molecule has 0 saturated heterocycles. The van der Waals surface area contributed by atoms with E-state index in [2.05, 4.69) is 10.3 Å². The second-order valence-electron chi connectivity index (χ2n) is 2.03. The van der Waals surface area contributed by atoms with Crippen molar-refractivity contribution in [2.45, 2.75) is 6.42 Å². The van der Waals surface area contributed by atoms with E-state index in [9.17, 15) is 4.79 Å². The summed E-state index contributed by atoms with van der Waals surface area (Å²) in [6.07, 6.45) is 6.40. The van der Waals surface area contributed by atoms with Crippen LogP contribution in [0.4, 0.5) is 0 Å². The van der Waals surface area contributed by atoms with Crippen LogP contribution in [-0.4, -0.2) is 17.3 Å². The van der Waals surface area contributed by atoms with Gasteiger partial charge in [-0.05, 0) is 6.08 Å². The number of carboxylic acids is 1. The molecule has 0 bridgehead atoms. The van der Waals surface area contributed by atoms with Crippen LogP contribution in [0, 0.1) is 0 Å². The molecule has 0 spiro atoms. The summed E-state index contributed by atoms with van der Waals surface area (Å²) in [4.78, 5) is 14.0. The molecule has 0 amide bonds. The minimum atomic E-state index is -0.866. The molecule has 1 aliphatic heterocycles. The van der Waals surface area contributed by atoms with Gasteiger partial charge in [-0.1, -0.05) is 0 Å². The molecule has 4 heteroatoms. The normalized spacial score (nSPS) is 15.1. The van der Waals surface area contributed by atoms with E-state index in [1.54, 1.807) is 18.5 Å². The van der Waals surface area contributed by atoms with Crippen molar-refractivity contribution in [1.29, 1.82) is 0 Å². The number of aliphatic carboxylic acids is 1. The van der Waals surface area contributed by atoms with E-state index < -0.39 is 5.97 Å². The molecule has 0 radical (unpaired) electrons. The highest BCUT2D eigenvalue weighted by molar-refractivity contribution is 5.73. The first-order valence-electron chi connectivity index (χ1n) is 3.15. The van der Waals surface area contributed by atoms with Crippen LogP contribution >= 0.6 is 0 Å². The quantitative estimate of drug-likeness (QED) is 0.605. The summed E-state index contributed by atoms with van der Waals surface area (Å²) in [6.45, 7) is 0. The zero-order valence-corrected chi connectivity index (χ0v) is 5.82. The summed E-state index contributed by atoms with van der Waals surface area (Å²) < 4.78 is 0. The average molecular weight is 152 g/mol. The lowest BCUT2D eigenvalue weighted by Gasteiger charge is -1.99. The zero-order chi connectivity index (χ0) is 8.10. The number of rotatable bonds is 2. The van der Waals surface area contributed by atoms with Gasteiger partial charge < -0.3 is 10.4 Å². The van der Waals surface area contributed by atoms with Crippen molar-refractivity contribution in [3.63, 3.8) is 0 Å². The Balaban J connectivity index is 2.57. The predicted molar refractivity (Wildman–Crippen MR) is 41.1 cm³/mol. The average Bonchev–Trinajstić information content (AvgIpc) is 2.14. The lowest BCUT2D eigenvalue weighted by atomic mass is 10.3. The molecular formula is C7H8N2O2. The molecular weight excluding hydrogens is 144 g/mol. The number of hydrogen-bond donors (Lipinski definition) is 2. The number of aliphatic imine (C=N–C) groups is 1. The van der Waals surface area contributed by atoms with E-state index in [-0.39, 0.29) is 6.42 Å². The number of allylic oxidation sites excluding steroid dienone is 1. The molecule has 0 aromatic carbocycles. The van der Waals surface area contributed by atoms with Crippen molar-refractivity contribution in [1.82, 2.24) is 5.32 Å². The van der Waals surface area contributed by atoms with Crippen LogP contribution in [0.3, 0.4) is 0 Å². The van der Waals surface area contributed by atoms with Crippen LogP contribution in [0.2, 0.25) is 0 Å².